The fourth-order valence-corrected chi connectivity index (χ4v) is 2.97. The molecule has 0 aromatic heterocycles. The van der Waals surface area contributed by atoms with Gasteiger partial charge in [-0.1, -0.05) is 23.2 Å². The molecule has 0 bridgehead atoms. The molecule has 0 radical (unpaired) electrons. The van der Waals surface area contributed by atoms with Gasteiger partial charge in [0.2, 0.25) is 6.43 Å². The zero-order valence-corrected chi connectivity index (χ0v) is 13.1. The Hall–Kier alpha value is -0.130. The molecule has 7 heteroatoms. The third-order valence-corrected chi connectivity index (χ3v) is 3.70. The van der Waals surface area contributed by atoms with Crippen LogP contribution in [0.15, 0.2) is 18.2 Å². The normalized spacial score (nSPS) is 17.9. The molecule has 1 aromatic rings. The average molecular weight is 346 g/mol. The Balaban J connectivity index is 0.00000200. The number of halogens is 5. The van der Waals surface area contributed by atoms with Crippen LogP contribution in [-0.2, 0) is 0 Å². The number of nitrogens with one attached hydrogen (secondary N) is 1. The van der Waals surface area contributed by atoms with Crippen molar-refractivity contribution in [3.63, 3.8) is 0 Å². The number of benzene rings is 1. The topological polar surface area (TPSA) is 15.3 Å². The van der Waals surface area contributed by atoms with Gasteiger partial charge in [0.15, 0.2) is 0 Å². The minimum atomic E-state index is -2.35. The molecule has 1 aromatic carbocycles. The van der Waals surface area contributed by atoms with Crippen LogP contribution in [0.5, 0.6) is 0 Å². The van der Waals surface area contributed by atoms with Crippen molar-refractivity contribution in [2.24, 2.45) is 0 Å². The monoisotopic (exact) mass is 344 g/mol. The van der Waals surface area contributed by atoms with Gasteiger partial charge in [-0.3, -0.25) is 4.90 Å². The molecular weight excluding hydrogens is 329 g/mol. The van der Waals surface area contributed by atoms with Crippen molar-refractivity contribution in [2.45, 2.75) is 18.9 Å². The maximum absolute atomic E-state index is 12.8. The van der Waals surface area contributed by atoms with Crippen molar-refractivity contribution in [3.8, 4) is 0 Å². The second-order valence-electron chi connectivity index (χ2n) is 4.63. The molecule has 0 saturated carbocycles. The van der Waals surface area contributed by atoms with E-state index in [1.165, 1.54) is 0 Å². The third-order valence-electron chi connectivity index (χ3n) is 3.26. The smallest absolute Gasteiger partial charge is 0.240 e. The van der Waals surface area contributed by atoms with E-state index in [1.54, 1.807) is 18.2 Å². The summed E-state index contributed by atoms with van der Waals surface area (Å²) in [6, 6.07) is 4.73. The Morgan fingerprint density at radius 3 is 2.15 bits per heavy atom. The van der Waals surface area contributed by atoms with Crippen LogP contribution in [-0.4, -0.2) is 37.5 Å². The van der Waals surface area contributed by atoms with Gasteiger partial charge in [-0.2, -0.15) is 0 Å². The first kappa shape index (κ1) is 17.9. The zero-order valence-electron chi connectivity index (χ0n) is 10.8. The Bertz CT molecular complexity index is 406. The van der Waals surface area contributed by atoms with Crippen molar-refractivity contribution in [3.05, 3.63) is 33.8 Å². The highest BCUT2D eigenvalue weighted by Crippen LogP contribution is 2.31. The lowest BCUT2D eigenvalue weighted by Crippen LogP contribution is -2.45. The van der Waals surface area contributed by atoms with Crippen molar-refractivity contribution < 1.29 is 8.78 Å². The summed E-state index contributed by atoms with van der Waals surface area (Å²) >= 11 is 11.9. The van der Waals surface area contributed by atoms with Gasteiger partial charge < -0.3 is 5.32 Å². The fraction of sp³-hybridized carbons (Fsp3) is 0.538. The number of nitrogens with zero attached hydrogens (tertiary/aromatic N) is 1. The number of rotatable bonds is 4. The number of alkyl halides is 2. The van der Waals surface area contributed by atoms with E-state index >= 15 is 0 Å². The van der Waals surface area contributed by atoms with Gasteiger partial charge in [0.1, 0.15) is 0 Å². The summed E-state index contributed by atoms with van der Waals surface area (Å²) in [7, 11) is 0. The second-order valence-corrected chi connectivity index (χ2v) is 5.50. The van der Waals surface area contributed by atoms with Crippen LogP contribution in [0.3, 0.4) is 0 Å². The van der Waals surface area contributed by atoms with Crippen molar-refractivity contribution in [1.29, 1.82) is 0 Å². The van der Waals surface area contributed by atoms with Crippen LogP contribution < -0.4 is 5.32 Å². The minimum absolute atomic E-state index is 0. The van der Waals surface area contributed by atoms with E-state index in [1.807, 2.05) is 0 Å². The Morgan fingerprint density at radius 1 is 1.10 bits per heavy atom. The van der Waals surface area contributed by atoms with Gasteiger partial charge in [0, 0.05) is 48.7 Å². The Labute approximate surface area is 133 Å². The molecule has 2 rings (SSSR count). The summed E-state index contributed by atoms with van der Waals surface area (Å²) < 4.78 is 25.6. The molecule has 1 atom stereocenters. The number of piperazine rings is 1. The van der Waals surface area contributed by atoms with E-state index < -0.39 is 6.43 Å². The molecule has 1 N–H and O–H groups in total. The molecular formula is C13H17Cl3F2N2. The average Bonchev–Trinajstić information content (AvgIpc) is 2.35. The lowest BCUT2D eigenvalue weighted by atomic mass is 10.0. The summed E-state index contributed by atoms with van der Waals surface area (Å²) in [5.41, 5.74) is 0.764. The zero-order chi connectivity index (χ0) is 13.8. The van der Waals surface area contributed by atoms with E-state index in [4.69, 9.17) is 23.2 Å². The van der Waals surface area contributed by atoms with Crippen molar-refractivity contribution in [2.75, 3.05) is 26.2 Å². The molecule has 20 heavy (non-hydrogen) atoms. The molecule has 0 spiro atoms. The summed E-state index contributed by atoms with van der Waals surface area (Å²) in [4.78, 5) is 2.06. The van der Waals surface area contributed by atoms with Gasteiger partial charge in [0.25, 0.3) is 0 Å². The van der Waals surface area contributed by atoms with Crippen LogP contribution in [0.2, 0.25) is 10.0 Å². The largest absolute Gasteiger partial charge is 0.314 e. The SMILES string of the molecule is Cl.FC(F)C[C@H](c1cc(Cl)cc(Cl)c1)N1CCNCC1. The molecule has 0 aliphatic carbocycles. The molecule has 2 nitrogen and oxygen atoms in total. The van der Waals surface area contributed by atoms with Gasteiger partial charge in [-0.15, -0.1) is 12.4 Å². The predicted octanol–water partition coefficient (Wildman–Crippen LogP) is 4.02. The number of hydrogen-bond acceptors (Lipinski definition) is 2. The van der Waals surface area contributed by atoms with E-state index in [0.717, 1.165) is 31.7 Å². The summed E-state index contributed by atoms with van der Waals surface area (Å²) in [5.74, 6) is 0. The first-order valence-corrected chi connectivity index (χ1v) is 7.01. The second kappa shape index (κ2) is 8.35. The quantitative estimate of drug-likeness (QED) is 0.887. The summed E-state index contributed by atoms with van der Waals surface area (Å²) in [6.07, 6.45) is -2.55. The summed E-state index contributed by atoms with van der Waals surface area (Å²) in [5, 5.41) is 4.18. The molecule has 114 valence electrons. The van der Waals surface area contributed by atoms with Gasteiger partial charge in [0.05, 0.1) is 0 Å². The van der Waals surface area contributed by atoms with Crippen LogP contribution in [0, 0.1) is 0 Å². The van der Waals surface area contributed by atoms with Crippen molar-refractivity contribution >= 4 is 35.6 Å². The molecule has 0 unspecified atom stereocenters. The van der Waals surface area contributed by atoms with Crippen LogP contribution in [0.4, 0.5) is 8.78 Å². The van der Waals surface area contributed by atoms with Gasteiger partial charge >= 0.3 is 0 Å². The minimum Gasteiger partial charge on any atom is -0.314 e. The molecule has 0 amide bonds. The lowest BCUT2D eigenvalue weighted by Gasteiger charge is -2.35. The van der Waals surface area contributed by atoms with E-state index in [-0.39, 0.29) is 24.9 Å². The Kier molecular flexibility index (Phi) is 7.48. The van der Waals surface area contributed by atoms with E-state index in [2.05, 4.69) is 10.2 Å². The van der Waals surface area contributed by atoms with Gasteiger partial charge in [-0.05, 0) is 23.8 Å². The Morgan fingerprint density at radius 2 is 1.65 bits per heavy atom. The maximum atomic E-state index is 12.8. The predicted molar refractivity (Wildman–Crippen MR) is 81.5 cm³/mol. The highest BCUT2D eigenvalue weighted by molar-refractivity contribution is 6.34. The molecule has 1 saturated heterocycles. The van der Waals surface area contributed by atoms with E-state index in [9.17, 15) is 8.78 Å². The van der Waals surface area contributed by atoms with Gasteiger partial charge in [-0.25, -0.2) is 8.78 Å². The molecule has 1 heterocycles. The molecule has 1 fully saturated rings. The molecule has 1 aliphatic heterocycles. The van der Waals surface area contributed by atoms with Crippen LogP contribution in [0.1, 0.15) is 18.0 Å². The maximum Gasteiger partial charge on any atom is 0.240 e. The van der Waals surface area contributed by atoms with Crippen LogP contribution >= 0.6 is 35.6 Å². The first-order chi connectivity index (χ1) is 9.06. The van der Waals surface area contributed by atoms with Crippen LogP contribution in [0.25, 0.3) is 0 Å². The highest BCUT2D eigenvalue weighted by atomic mass is 35.5. The van der Waals surface area contributed by atoms with Crippen molar-refractivity contribution in [1.82, 2.24) is 10.2 Å². The molecule has 1 aliphatic rings. The summed E-state index contributed by atoms with van der Waals surface area (Å²) in [6.45, 7) is 3.13. The standard InChI is InChI=1S/C13H16Cl2F2N2.ClH/c14-10-5-9(6-11(15)7-10)12(8-13(16)17)19-3-1-18-2-4-19;/h5-7,12-13,18H,1-4,8H2;1H/t12-;/m1./s1. The first-order valence-electron chi connectivity index (χ1n) is 6.25. The van der Waals surface area contributed by atoms with E-state index in [0.29, 0.717) is 10.0 Å². The number of hydrogen-bond donors (Lipinski definition) is 1. The third kappa shape index (κ3) is 5.01. The highest BCUT2D eigenvalue weighted by Gasteiger charge is 2.25. The lowest BCUT2D eigenvalue weighted by molar-refractivity contribution is 0.0739. The fourth-order valence-electron chi connectivity index (χ4n) is 2.43.